The molecule has 0 saturated heterocycles. The van der Waals surface area contributed by atoms with Gasteiger partial charge in [0.25, 0.3) is 0 Å². The Kier molecular flexibility index (Phi) is 4.12. The minimum atomic E-state index is -3.55. The van der Waals surface area contributed by atoms with E-state index in [1.807, 2.05) is 13.8 Å². The maximum absolute atomic E-state index is 11.7. The van der Waals surface area contributed by atoms with Crippen LogP contribution in [0.1, 0.15) is 13.8 Å². The van der Waals surface area contributed by atoms with E-state index in [0.29, 0.717) is 6.54 Å². The van der Waals surface area contributed by atoms with Crippen LogP contribution in [-0.2, 0) is 10.0 Å². The van der Waals surface area contributed by atoms with Crippen LogP contribution in [0.25, 0.3) is 0 Å². The summed E-state index contributed by atoms with van der Waals surface area (Å²) in [5.74, 6) is 0.344. The maximum Gasteiger partial charge on any atom is 0.242 e. The Labute approximate surface area is 100 Å². The molecule has 16 heavy (non-hydrogen) atoms. The number of aromatic nitrogens is 1. The van der Waals surface area contributed by atoms with Gasteiger partial charge in [-0.05, 0) is 12.0 Å². The van der Waals surface area contributed by atoms with Crippen molar-refractivity contribution >= 4 is 27.4 Å². The van der Waals surface area contributed by atoms with E-state index in [1.54, 1.807) is 0 Å². The molecule has 1 aromatic rings. The summed E-state index contributed by atoms with van der Waals surface area (Å²) in [5.41, 5.74) is 5.40. The van der Waals surface area contributed by atoms with Crippen LogP contribution < -0.4 is 10.5 Å². The highest BCUT2D eigenvalue weighted by atomic mass is 35.5. The van der Waals surface area contributed by atoms with E-state index in [0.717, 1.165) is 0 Å². The number of nitrogens with two attached hydrogens (primary N) is 1. The van der Waals surface area contributed by atoms with Crippen molar-refractivity contribution in [1.82, 2.24) is 9.71 Å². The summed E-state index contributed by atoms with van der Waals surface area (Å²) in [6.45, 7) is 4.19. The van der Waals surface area contributed by atoms with Crippen molar-refractivity contribution in [2.24, 2.45) is 5.92 Å². The van der Waals surface area contributed by atoms with Crippen molar-refractivity contribution < 1.29 is 8.42 Å². The number of halogens is 1. The van der Waals surface area contributed by atoms with Gasteiger partial charge in [0.1, 0.15) is 10.7 Å². The Morgan fingerprint density at radius 2 is 2.19 bits per heavy atom. The van der Waals surface area contributed by atoms with Gasteiger partial charge >= 0.3 is 0 Å². The van der Waals surface area contributed by atoms with Gasteiger partial charge in [0.05, 0.1) is 5.02 Å². The van der Waals surface area contributed by atoms with Gasteiger partial charge in [-0.1, -0.05) is 25.4 Å². The first-order chi connectivity index (χ1) is 7.33. The van der Waals surface area contributed by atoms with E-state index < -0.39 is 10.0 Å². The smallest absolute Gasteiger partial charge is 0.242 e. The molecule has 0 aromatic carbocycles. The molecule has 3 N–H and O–H groups in total. The van der Waals surface area contributed by atoms with E-state index in [-0.39, 0.29) is 21.7 Å². The second-order valence-electron chi connectivity index (χ2n) is 3.78. The Bertz CT molecular complexity index is 474. The zero-order valence-corrected chi connectivity index (χ0v) is 10.6. The Morgan fingerprint density at radius 3 is 2.69 bits per heavy atom. The third kappa shape index (κ3) is 3.33. The third-order valence-corrected chi connectivity index (χ3v) is 3.53. The summed E-state index contributed by atoms with van der Waals surface area (Å²) in [4.78, 5) is 3.72. The summed E-state index contributed by atoms with van der Waals surface area (Å²) in [6, 6.07) is 1.28. The Hall–Kier alpha value is -0.850. The Balaban J connectivity index is 2.94. The van der Waals surface area contributed by atoms with Crippen LogP contribution in [0.3, 0.4) is 0 Å². The van der Waals surface area contributed by atoms with Crippen LogP contribution in [-0.4, -0.2) is 19.9 Å². The molecule has 1 aromatic heterocycles. The zero-order chi connectivity index (χ0) is 12.3. The van der Waals surface area contributed by atoms with E-state index in [1.165, 1.54) is 12.3 Å². The van der Waals surface area contributed by atoms with Crippen molar-refractivity contribution in [3.05, 3.63) is 17.3 Å². The average molecular weight is 264 g/mol. The van der Waals surface area contributed by atoms with Crippen molar-refractivity contribution in [2.75, 3.05) is 12.3 Å². The summed E-state index contributed by atoms with van der Waals surface area (Å²) in [5, 5.41) is 0.132. The number of nitrogens with zero attached hydrogens (tertiary/aromatic N) is 1. The number of nitrogens with one attached hydrogen (secondary N) is 1. The van der Waals surface area contributed by atoms with E-state index in [9.17, 15) is 8.42 Å². The molecule has 0 aliphatic carbocycles. The van der Waals surface area contributed by atoms with Crippen molar-refractivity contribution in [1.29, 1.82) is 0 Å². The van der Waals surface area contributed by atoms with Gasteiger partial charge in [-0.2, -0.15) is 0 Å². The van der Waals surface area contributed by atoms with E-state index >= 15 is 0 Å². The number of anilines is 1. The van der Waals surface area contributed by atoms with Crippen LogP contribution in [0.5, 0.6) is 0 Å². The molecule has 5 nitrogen and oxygen atoms in total. The van der Waals surface area contributed by atoms with Crippen molar-refractivity contribution in [2.45, 2.75) is 18.7 Å². The predicted molar refractivity (Wildman–Crippen MR) is 63.7 cm³/mol. The molecule has 0 bridgehead atoms. The topological polar surface area (TPSA) is 85.1 Å². The molecular formula is C9H14ClN3O2S. The maximum atomic E-state index is 11.7. The van der Waals surface area contributed by atoms with Crippen LogP contribution in [0, 0.1) is 5.92 Å². The molecule has 90 valence electrons. The van der Waals surface area contributed by atoms with Crippen LogP contribution >= 0.6 is 11.6 Å². The molecule has 0 aliphatic heterocycles. The minimum Gasteiger partial charge on any atom is -0.382 e. The quantitative estimate of drug-likeness (QED) is 0.856. The van der Waals surface area contributed by atoms with Gasteiger partial charge in [-0.15, -0.1) is 0 Å². The molecule has 0 unspecified atom stereocenters. The number of sulfonamides is 1. The average Bonchev–Trinajstić information content (AvgIpc) is 2.19. The van der Waals surface area contributed by atoms with Crippen LogP contribution in [0.2, 0.25) is 5.02 Å². The lowest BCUT2D eigenvalue weighted by atomic mass is 10.2. The molecular weight excluding hydrogens is 250 g/mol. The van der Waals surface area contributed by atoms with Crippen molar-refractivity contribution in [3.63, 3.8) is 0 Å². The summed E-state index contributed by atoms with van der Waals surface area (Å²) in [6.07, 6.45) is 1.18. The summed E-state index contributed by atoms with van der Waals surface area (Å²) >= 11 is 5.70. The molecule has 0 fully saturated rings. The summed E-state index contributed by atoms with van der Waals surface area (Å²) < 4.78 is 26.0. The number of pyridine rings is 1. The number of nitrogen functional groups attached to an aromatic ring is 1. The van der Waals surface area contributed by atoms with Crippen LogP contribution in [0.15, 0.2) is 17.2 Å². The molecule has 0 aliphatic rings. The molecule has 0 radical (unpaired) electrons. The molecule has 1 rings (SSSR count). The number of hydrogen-bond donors (Lipinski definition) is 2. The molecule has 0 saturated carbocycles. The first kappa shape index (κ1) is 13.2. The molecule has 1 heterocycles. The van der Waals surface area contributed by atoms with Gasteiger partial charge in [0.2, 0.25) is 10.0 Å². The number of rotatable bonds is 4. The highest BCUT2D eigenvalue weighted by Crippen LogP contribution is 2.19. The van der Waals surface area contributed by atoms with Crippen molar-refractivity contribution in [3.8, 4) is 0 Å². The summed E-state index contributed by atoms with van der Waals surface area (Å²) in [7, 11) is -3.55. The second kappa shape index (κ2) is 4.99. The highest BCUT2D eigenvalue weighted by Gasteiger charge is 2.15. The SMILES string of the molecule is CC(C)CNS(=O)(=O)c1cnc(N)c(Cl)c1. The third-order valence-electron chi connectivity index (χ3n) is 1.84. The second-order valence-corrected chi connectivity index (χ2v) is 5.96. The fourth-order valence-corrected chi connectivity index (χ4v) is 2.35. The fourth-order valence-electron chi connectivity index (χ4n) is 0.938. The van der Waals surface area contributed by atoms with E-state index in [4.69, 9.17) is 17.3 Å². The highest BCUT2D eigenvalue weighted by molar-refractivity contribution is 7.89. The zero-order valence-electron chi connectivity index (χ0n) is 9.07. The van der Waals surface area contributed by atoms with E-state index in [2.05, 4.69) is 9.71 Å². The monoisotopic (exact) mass is 263 g/mol. The number of hydrogen-bond acceptors (Lipinski definition) is 4. The van der Waals surface area contributed by atoms with Gasteiger partial charge in [-0.25, -0.2) is 18.1 Å². The molecule has 0 atom stereocenters. The first-order valence-electron chi connectivity index (χ1n) is 4.73. The lowest BCUT2D eigenvalue weighted by Crippen LogP contribution is -2.27. The fraction of sp³-hybridized carbons (Fsp3) is 0.444. The van der Waals surface area contributed by atoms with Crippen LogP contribution in [0.4, 0.5) is 5.82 Å². The van der Waals surface area contributed by atoms with Gasteiger partial charge in [0, 0.05) is 12.7 Å². The van der Waals surface area contributed by atoms with Gasteiger partial charge < -0.3 is 5.73 Å². The predicted octanol–water partition coefficient (Wildman–Crippen LogP) is 1.25. The standard InChI is InChI=1S/C9H14ClN3O2S/c1-6(2)4-13-16(14,15)7-3-8(10)9(11)12-5-7/h3,5-6,13H,4H2,1-2H3,(H2,11,12). The first-order valence-corrected chi connectivity index (χ1v) is 6.59. The largest absolute Gasteiger partial charge is 0.382 e. The van der Waals surface area contributed by atoms with Gasteiger partial charge in [0.15, 0.2) is 0 Å². The lowest BCUT2D eigenvalue weighted by molar-refractivity contribution is 0.560. The lowest BCUT2D eigenvalue weighted by Gasteiger charge is -2.09. The Morgan fingerprint density at radius 1 is 1.56 bits per heavy atom. The van der Waals surface area contributed by atoms with Gasteiger partial charge in [-0.3, -0.25) is 0 Å². The molecule has 0 amide bonds. The molecule has 7 heteroatoms. The normalized spacial score (nSPS) is 12.0. The molecule has 0 spiro atoms. The minimum absolute atomic E-state index is 0.0207.